The summed E-state index contributed by atoms with van der Waals surface area (Å²) in [4.78, 5) is 12.8. The lowest BCUT2D eigenvalue weighted by Gasteiger charge is -2.03. The molecule has 0 spiro atoms. The van der Waals surface area contributed by atoms with E-state index in [-0.39, 0.29) is 5.69 Å². The summed E-state index contributed by atoms with van der Waals surface area (Å²) < 4.78 is 1.62. The summed E-state index contributed by atoms with van der Waals surface area (Å²) in [5, 5.41) is 6.21. The average Bonchev–Trinajstić information content (AvgIpc) is 2.41. The van der Waals surface area contributed by atoms with Crippen molar-refractivity contribution in [3.63, 3.8) is 0 Å². The van der Waals surface area contributed by atoms with Gasteiger partial charge in [0, 0.05) is 20.1 Å². The summed E-state index contributed by atoms with van der Waals surface area (Å²) in [5.41, 5.74) is -0.112. The summed E-state index contributed by atoms with van der Waals surface area (Å²) in [6.45, 7) is 1.63. The number of fused-ring (bicyclic) bond motifs is 1. The predicted octanol–water partition coefficient (Wildman–Crippen LogP) is -0.979. The molecule has 2 rings (SSSR count). The minimum Gasteiger partial charge on any atom is -0.342 e. The van der Waals surface area contributed by atoms with Crippen LogP contribution in [0.3, 0.4) is 0 Å². The molecule has 0 amide bonds. The molecule has 1 N–H and O–H groups in total. The van der Waals surface area contributed by atoms with Crippen LogP contribution < -0.4 is 10.6 Å². The first-order valence-corrected chi connectivity index (χ1v) is 3.15. The van der Waals surface area contributed by atoms with Crippen LogP contribution in [-0.2, 0) is 6.54 Å². The van der Waals surface area contributed by atoms with Crippen molar-refractivity contribution >= 4 is 5.95 Å². The smallest absolute Gasteiger partial charge is 0.342 e. The number of rotatable bonds is 0. The largest absolute Gasteiger partial charge is 0.344 e. The normalized spacial score (nSPS) is 15.9. The molecule has 0 aliphatic carbocycles. The lowest BCUT2D eigenvalue weighted by atomic mass is 10.6. The van der Waals surface area contributed by atoms with Crippen molar-refractivity contribution in [2.75, 3.05) is 18.5 Å². The summed E-state index contributed by atoms with van der Waals surface area (Å²) in [5.74, 6) is 0.741. The number of hydrogen-bond acceptors (Lipinski definition) is 3. The number of H-pyrrole nitrogens is 1. The van der Waals surface area contributed by atoms with E-state index in [2.05, 4.69) is 10.2 Å². The van der Waals surface area contributed by atoms with Crippen LogP contribution in [-0.4, -0.2) is 28.4 Å². The Hall–Kier alpha value is -1.26. The highest BCUT2D eigenvalue weighted by Gasteiger charge is 2.18. The predicted molar refractivity (Wildman–Crippen MR) is 36.1 cm³/mol. The van der Waals surface area contributed by atoms with Gasteiger partial charge in [0.15, 0.2) is 0 Å². The molecule has 1 aromatic heterocycles. The van der Waals surface area contributed by atoms with E-state index >= 15 is 0 Å². The molecule has 5 heteroatoms. The Morgan fingerprint density at radius 3 is 3.10 bits per heavy atom. The molecule has 0 saturated carbocycles. The van der Waals surface area contributed by atoms with Crippen LogP contribution in [0.5, 0.6) is 0 Å². The maximum Gasteiger partial charge on any atom is 0.344 e. The average molecular weight is 140 g/mol. The summed E-state index contributed by atoms with van der Waals surface area (Å²) >= 11 is 0. The van der Waals surface area contributed by atoms with Crippen LogP contribution in [0, 0.1) is 0 Å². The zero-order valence-electron chi connectivity index (χ0n) is 5.66. The molecule has 1 aromatic rings. The standard InChI is InChI=1S/C5H8N4O/c1-8-2-3-9-4(8)6-7-5(9)10/h2-3H2,1H3,(H,7,10). The Balaban J connectivity index is 2.63. The fraction of sp³-hybridized carbons (Fsp3) is 0.600. The Labute approximate surface area is 57.3 Å². The maximum atomic E-state index is 10.9. The maximum absolute atomic E-state index is 10.9. The molecule has 0 radical (unpaired) electrons. The lowest BCUT2D eigenvalue weighted by molar-refractivity contribution is 0.751. The summed E-state index contributed by atoms with van der Waals surface area (Å²) in [6.07, 6.45) is 0. The molecule has 0 atom stereocenters. The van der Waals surface area contributed by atoms with Crippen molar-refractivity contribution in [1.82, 2.24) is 14.8 Å². The third kappa shape index (κ3) is 0.516. The zero-order chi connectivity index (χ0) is 7.14. The van der Waals surface area contributed by atoms with Gasteiger partial charge in [0.25, 0.3) is 0 Å². The number of hydrogen-bond donors (Lipinski definition) is 1. The van der Waals surface area contributed by atoms with Gasteiger partial charge >= 0.3 is 5.69 Å². The van der Waals surface area contributed by atoms with Gasteiger partial charge in [0.2, 0.25) is 5.95 Å². The number of nitrogens with zero attached hydrogens (tertiary/aromatic N) is 3. The van der Waals surface area contributed by atoms with E-state index < -0.39 is 0 Å². The van der Waals surface area contributed by atoms with Gasteiger partial charge in [-0.15, -0.1) is 5.10 Å². The fourth-order valence-electron chi connectivity index (χ4n) is 1.15. The first-order chi connectivity index (χ1) is 4.79. The van der Waals surface area contributed by atoms with Crippen LogP contribution in [0.4, 0.5) is 5.95 Å². The Morgan fingerprint density at radius 1 is 1.60 bits per heavy atom. The van der Waals surface area contributed by atoms with E-state index in [1.54, 1.807) is 4.57 Å². The Bertz CT molecular complexity index is 299. The van der Waals surface area contributed by atoms with E-state index in [9.17, 15) is 4.79 Å². The third-order valence-electron chi connectivity index (χ3n) is 1.74. The number of anilines is 1. The molecule has 1 aliphatic heterocycles. The van der Waals surface area contributed by atoms with Gasteiger partial charge in [0.1, 0.15) is 0 Å². The molecule has 0 unspecified atom stereocenters. The van der Waals surface area contributed by atoms with Crippen LogP contribution >= 0.6 is 0 Å². The van der Waals surface area contributed by atoms with E-state index in [0.29, 0.717) is 0 Å². The second kappa shape index (κ2) is 1.62. The highest BCUT2D eigenvalue weighted by Crippen LogP contribution is 2.10. The Morgan fingerprint density at radius 2 is 2.40 bits per heavy atom. The second-order valence-electron chi connectivity index (χ2n) is 2.40. The van der Waals surface area contributed by atoms with Crippen molar-refractivity contribution in [2.45, 2.75) is 6.54 Å². The molecule has 0 aromatic carbocycles. The van der Waals surface area contributed by atoms with Crippen LogP contribution in [0.1, 0.15) is 0 Å². The Kier molecular flexibility index (Phi) is 0.893. The second-order valence-corrected chi connectivity index (χ2v) is 2.40. The summed E-state index contributed by atoms with van der Waals surface area (Å²) in [6, 6.07) is 0. The van der Waals surface area contributed by atoms with E-state index in [0.717, 1.165) is 19.0 Å². The number of aromatic amines is 1. The van der Waals surface area contributed by atoms with Gasteiger partial charge in [-0.3, -0.25) is 4.57 Å². The third-order valence-corrected chi connectivity index (χ3v) is 1.74. The van der Waals surface area contributed by atoms with Gasteiger partial charge in [-0.2, -0.15) is 0 Å². The van der Waals surface area contributed by atoms with Crippen LogP contribution in [0.2, 0.25) is 0 Å². The minimum atomic E-state index is -0.112. The topological polar surface area (TPSA) is 53.9 Å². The molecular weight excluding hydrogens is 132 g/mol. The molecule has 1 aliphatic rings. The van der Waals surface area contributed by atoms with Gasteiger partial charge in [0.05, 0.1) is 0 Å². The highest BCUT2D eigenvalue weighted by molar-refractivity contribution is 5.31. The molecule has 0 saturated heterocycles. The monoisotopic (exact) mass is 140 g/mol. The SMILES string of the molecule is CN1CCn2c1n[nH]c2=O. The molecule has 5 nitrogen and oxygen atoms in total. The minimum absolute atomic E-state index is 0.112. The molecular formula is C5H8N4O. The number of aromatic nitrogens is 3. The van der Waals surface area contributed by atoms with Crippen molar-refractivity contribution in [2.24, 2.45) is 0 Å². The van der Waals surface area contributed by atoms with Gasteiger partial charge in [-0.05, 0) is 0 Å². The zero-order valence-corrected chi connectivity index (χ0v) is 5.66. The van der Waals surface area contributed by atoms with Gasteiger partial charge in [-0.25, -0.2) is 9.89 Å². The number of nitrogens with one attached hydrogen (secondary N) is 1. The van der Waals surface area contributed by atoms with E-state index in [1.165, 1.54) is 0 Å². The van der Waals surface area contributed by atoms with Crippen molar-refractivity contribution < 1.29 is 0 Å². The molecule has 54 valence electrons. The fourth-order valence-corrected chi connectivity index (χ4v) is 1.15. The van der Waals surface area contributed by atoms with Gasteiger partial charge in [-0.1, -0.05) is 0 Å². The van der Waals surface area contributed by atoms with E-state index in [4.69, 9.17) is 0 Å². The molecule has 2 heterocycles. The van der Waals surface area contributed by atoms with Crippen molar-refractivity contribution in [3.8, 4) is 0 Å². The lowest BCUT2D eigenvalue weighted by Crippen LogP contribution is -2.16. The van der Waals surface area contributed by atoms with Gasteiger partial charge < -0.3 is 4.90 Å². The van der Waals surface area contributed by atoms with Crippen molar-refractivity contribution in [3.05, 3.63) is 10.5 Å². The molecule has 0 bridgehead atoms. The summed E-state index contributed by atoms with van der Waals surface area (Å²) in [7, 11) is 1.92. The molecule has 0 fully saturated rings. The first-order valence-electron chi connectivity index (χ1n) is 3.15. The van der Waals surface area contributed by atoms with Crippen LogP contribution in [0.15, 0.2) is 4.79 Å². The van der Waals surface area contributed by atoms with E-state index in [1.807, 2.05) is 11.9 Å². The first kappa shape index (κ1) is 5.52. The quantitative estimate of drug-likeness (QED) is 0.504. The molecule has 10 heavy (non-hydrogen) atoms. The van der Waals surface area contributed by atoms with Crippen LogP contribution in [0.25, 0.3) is 0 Å². The highest BCUT2D eigenvalue weighted by atomic mass is 16.2. The number of likely N-dealkylation sites (N-methyl/N-ethyl adjacent to an activating group) is 1. The van der Waals surface area contributed by atoms with Crippen molar-refractivity contribution in [1.29, 1.82) is 0 Å².